The van der Waals surface area contributed by atoms with Crippen LogP contribution in [0, 0.1) is 0 Å². The maximum Gasteiger partial charge on any atom is 0.144 e. The van der Waals surface area contributed by atoms with Crippen LogP contribution in [0.4, 0.5) is 17.1 Å². The number of hydrogen-bond acceptors (Lipinski definition) is 4. The van der Waals surface area contributed by atoms with Gasteiger partial charge in [-0.05, 0) is 93.7 Å². The molecule has 3 aromatic heterocycles. The number of benzene rings is 9. The second kappa shape index (κ2) is 12.2. The molecule has 12 aromatic rings. The van der Waals surface area contributed by atoms with Gasteiger partial charge in [-0.15, -0.1) is 22.7 Å². The van der Waals surface area contributed by atoms with Crippen LogP contribution in [0.5, 0.6) is 0 Å². The lowest BCUT2D eigenvalue weighted by Crippen LogP contribution is -2.16. The number of para-hydroxylation sites is 1. The van der Waals surface area contributed by atoms with Gasteiger partial charge < -0.3 is 9.32 Å². The standard InChI is InChI=1S/C55H35NOS2/c1-55(2)44-28-26-33(56(32-14-4-3-5-15-32)34-27-29-48-42(30-34)36-17-9-10-24-46(36)58-48)31-43(44)51-52(55)39-19-7-6-18-37(39)50-49-38(20-13-23-45(49)57-53(50)51)41-22-12-21-40-35-16-8-11-25-47(35)59-54(40)41/h3-31H,1-2H3. The van der Waals surface area contributed by atoms with Gasteiger partial charge in [-0.3, -0.25) is 0 Å². The van der Waals surface area contributed by atoms with Crippen molar-refractivity contribution in [2.24, 2.45) is 0 Å². The zero-order valence-electron chi connectivity index (χ0n) is 32.4. The summed E-state index contributed by atoms with van der Waals surface area (Å²) < 4.78 is 12.5. The van der Waals surface area contributed by atoms with Gasteiger partial charge in [0.2, 0.25) is 0 Å². The van der Waals surface area contributed by atoms with Gasteiger partial charge in [0.1, 0.15) is 11.2 Å². The third-order valence-electron chi connectivity index (χ3n) is 12.8. The third kappa shape index (κ3) is 4.61. The number of anilines is 3. The van der Waals surface area contributed by atoms with E-state index in [0.29, 0.717) is 0 Å². The normalized spacial score (nSPS) is 13.4. The van der Waals surface area contributed by atoms with Gasteiger partial charge >= 0.3 is 0 Å². The van der Waals surface area contributed by atoms with Gasteiger partial charge in [0.15, 0.2) is 0 Å². The molecule has 13 rings (SSSR count). The second-order valence-corrected chi connectivity index (χ2v) is 18.5. The van der Waals surface area contributed by atoms with Crippen LogP contribution >= 0.6 is 22.7 Å². The van der Waals surface area contributed by atoms with Crippen LogP contribution in [-0.4, -0.2) is 0 Å². The Hall–Kier alpha value is -6.72. The summed E-state index contributed by atoms with van der Waals surface area (Å²) in [5.74, 6) is 0. The Balaban J connectivity index is 1.09. The van der Waals surface area contributed by atoms with Crippen molar-refractivity contribution in [3.8, 4) is 22.3 Å². The highest BCUT2D eigenvalue weighted by Gasteiger charge is 2.40. The molecular formula is C55H35NOS2. The lowest BCUT2D eigenvalue weighted by molar-refractivity contribution is 0.658. The highest BCUT2D eigenvalue weighted by atomic mass is 32.1. The predicted molar refractivity (Wildman–Crippen MR) is 255 cm³/mol. The number of nitrogens with zero attached hydrogens (tertiary/aromatic N) is 1. The average molecular weight is 790 g/mol. The molecule has 0 spiro atoms. The topological polar surface area (TPSA) is 16.4 Å². The molecule has 0 atom stereocenters. The largest absolute Gasteiger partial charge is 0.455 e. The molecule has 9 aromatic carbocycles. The van der Waals surface area contributed by atoms with E-state index in [4.69, 9.17) is 4.42 Å². The van der Waals surface area contributed by atoms with Gasteiger partial charge in [0.05, 0.1) is 0 Å². The van der Waals surface area contributed by atoms with Gasteiger partial charge in [-0.2, -0.15) is 0 Å². The van der Waals surface area contributed by atoms with Crippen LogP contribution in [0.1, 0.15) is 25.0 Å². The fraction of sp³-hybridized carbons (Fsp3) is 0.0545. The fourth-order valence-corrected chi connectivity index (χ4v) is 12.6. The van der Waals surface area contributed by atoms with E-state index in [1.807, 2.05) is 22.7 Å². The summed E-state index contributed by atoms with van der Waals surface area (Å²) in [6.45, 7) is 4.77. The van der Waals surface area contributed by atoms with Crippen molar-refractivity contribution in [3.63, 3.8) is 0 Å². The van der Waals surface area contributed by atoms with Gasteiger partial charge in [-0.1, -0.05) is 129 Å². The van der Waals surface area contributed by atoms with E-state index in [2.05, 4.69) is 195 Å². The molecule has 0 unspecified atom stereocenters. The summed E-state index contributed by atoms with van der Waals surface area (Å²) in [6.07, 6.45) is 0. The van der Waals surface area contributed by atoms with E-state index in [1.54, 1.807) is 0 Å². The van der Waals surface area contributed by atoms with Crippen molar-refractivity contribution in [2.75, 3.05) is 4.90 Å². The molecular weight excluding hydrogens is 755 g/mol. The first-order chi connectivity index (χ1) is 29.0. The molecule has 4 heteroatoms. The molecule has 0 fully saturated rings. The number of hydrogen-bond donors (Lipinski definition) is 0. The van der Waals surface area contributed by atoms with Crippen LogP contribution < -0.4 is 4.90 Å². The van der Waals surface area contributed by atoms with Crippen LogP contribution in [0.2, 0.25) is 0 Å². The van der Waals surface area contributed by atoms with Crippen molar-refractivity contribution in [2.45, 2.75) is 19.3 Å². The summed E-state index contributed by atoms with van der Waals surface area (Å²) >= 11 is 3.74. The van der Waals surface area contributed by atoms with Crippen molar-refractivity contribution in [1.29, 1.82) is 0 Å². The molecule has 2 nitrogen and oxygen atoms in total. The van der Waals surface area contributed by atoms with Gasteiger partial charge in [0, 0.05) is 84.7 Å². The van der Waals surface area contributed by atoms with Gasteiger partial charge in [0.25, 0.3) is 0 Å². The van der Waals surface area contributed by atoms with Crippen LogP contribution in [0.15, 0.2) is 180 Å². The van der Waals surface area contributed by atoms with Crippen molar-refractivity contribution in [3.05, 3.63) is 187 Å². The Bertz CT molecular complexity index is 3720. The minimum Gasteiger partial charge on any atom is -0.455 e. The molecule has 0 amide bonds. The van der Waals surface area contributed by atoms with Crippen LogP contribution in [-0.2, 0) is 5.41 Å². The lowest BCUT2D eigenvalue weighted by Gasteiger charge is -2.27. The minimum atomic E-state index is -0.256. The Kier molecular flexibility index (Phi) is 6.85. The molecule has 0 radical (unpaired) electrons. The van der Waals surface area contributed by atoms with Crippen molar-refractivity contribution < 1.29 is 4.42 Å². The smallest absolute Gasteiger partial charge is 0.144 e. The maximum atomic E-state index is 7.23. The molecule has 278 valence electrons. The first-order valence-corrected chi connectivity index (χ1v) is 21.9. The Morgan fingerprint density at radius 3 is 1.90 bits per heavy atom. The zero-order chi connectivity index (χ0) is 39.0. The molecule has 0 saturated carbocycles. The highest BCUT2D eigenvalue weighted by molar-refractivity contribution is 7.26. The second-order valence-electron chi connectivity index (χ2n) is 16.4. The molecule has 3 heterocycles. The van der Waals surface area contributed by atoms with Crippen molar-refractivity contribution >= 4 is 113 Å². The summed E-state index contributed by atoms with van der Waals surface area (Å²) in [5.41, 5.74) is 12.5. The maximum absolute atomic E-state index is 7.23. The number of thiophene rings is 2. The molecule has 1 aliphatic carbocycles. The lowest BCUT2D eigenvalue weighted by atomic mass is 9.79. The molecule has 0 bridgehead atoms. The molecule has 0 saturated heterocycles. The van der Waals surface area contributed by atoms with E-state index >= 15 is 0 Å². The Morgan fingerprint density at radius 1 is 0.441 bits per heavy atom. The number of furan rings is 1. The molecule has 0 N–H and O–H groups in total. The predicted octanol–water partition coefficient (Wildman–Crippen LogP) is 16.9. The molecule has 59 heavy (non-hydrogen) atoms. The summed E-state index contributed by atoms with van der Waals surface area (Å²) in [4.78, 5) is 2.41. The Labute approximate surface area is 348 Å². The van der Waals surface area contributed by atoms with E-state index < -0.39 is 0 Å². The average Bonchev–Trinajstić information content (AvgIpc) is 4.02. The van der Waals surface area contributed by atoms with Gasteiger partial charge in [-0.25, -0.2) is 0 Å². The van der Waals surface area contributed by atoms with E-state index in [1.165, 1.54) is 95.3 Å². The number of rotatable bonds is 4. The minimum absolute atomic E-state index is 0.256. The molecule has 1 aliphatic rings. The van der Waals surface area contributed by atoms with E-state index in [-0.39, 0.29) is 5.41 Å². The number of fused-ring (bicyclic) bond motifs is 16. The summed E-state index contributed by atoms with van der Waals surface area (Å²) in [6, 6.07) is 64.7. The first kappa shape index (κ1) is 33.3. The zero-order valence-corrected chi connectivity index (χ0v) is 34.0. The monoisotopic (exact) mass is 789 g/mol. The highest BCUT2D eigenvalue weighted by Crippen LogP contribution is 2.58. The molecule has 0 aliphatic heterocycles. The SMILES string of the molecule is CC1(C)c2ccc(N(c3ccccc3)c3ccc4sc5ccccc5c4c3)cc2-c2c1c1ccccc1c1c2oc2cccc(-c3cccc4c3sc3ccccc34)c21. The fourth-order valence-electron chi connectivity index (χ4n) is 10.3. The Morgan fingerprint density at radius 2 is 1.07 bits per heavy atom. The first-order valence-electron chi connectivity index (χ1n) is 20.3. The summed E-state index contributed by atoms with van der Waals surface area (Å²) in [7, 11) is 0. The van der Waals surface area contributed by atoms with E-state index in [9.17, 15) is 0 Å². The van der Waals surface area contributed by atoms with Crippen LogP contribution in [0.3, 0.4) is 0 Å². The summed E-state index contributed by atoms with van der Waals surface area (Å²) in [5, 5.41) is 10.1. The quantitative estimate of drug-likeness (QED) is 0.177. The third-order valence-corrected chi connectivity index (χ3v) is 15.2. The van der Waals surface area contributed by atoms with Crippen molar-refractivity contribution in [1.82, 2.24) is 0 Å². The van der Waals surface area contributed by atoms with Crippen LogP contribution in [0.25, 0.3) is 95.3 Å². The van der Waals surface area contributed by atoms with E-state index in [0.717, 1.165) is 28.2 Å².